The van der Waals surface area contributed by atoms with Crippen LogP contribution in [0.4, 0.5) is 0 Å². The molecule has 15 rings (SSSR count). The number of nitrogens with zero attached hydrogens (tertiary/aromatic N) is 7. The fraction of sp³-hybridized carbons (Fsp3) is 0.0164. The van der Waals surface area contributed by atoms with Gasteiger partial charge < -0.3 is 18.4 Å². The average Bonchev–Trinajstić information content (AvgIpc) is 4.12. The minimum Gasteiger partial charge on any atom is -0.457 e. The molecule has 8 nitrogen and oxygen atoms in total. The zero-order valence-corrected chi connectivity index (χ0v) is 36.6. The van der Waals surface area contributed by atoms with E-state index in [9.17, 15) is 10.5 Å². The molecule has 1 spiro atoms. The molecule has 0 bridgehead atoms. The van der Waals surface area contributed by atoms with Crippen LogP contribution in [0.15, 0.2) is 200 Å². The molecule has 0 fully saturated rings. The van der Waals surface area contributed by atoms with Crippen LogP contribution in [-0.2, 0) is 5.41 Å². The van der Waals surface area contributed by atoms with Crippen molar-refractivity contribution in [2.75, 3.05) is 0 Å². The van der Waals surface area contributed by atoms with Crippen LogP contribution in [0.25, 0.3) is 93.9 Å². The van der Waals surface area contributed by atoms with Crippen LogP contribution in [0.3, 0.4) is 0 Å². The summed E-state index contributed by atoms with van der Waals surface area (Å²) in [5.41, 5.74) is 15.4. The normalized spacial score (nSPS) is 13.1. The Morgan fingerprint density at radius 3 is 1.23 bits per heavy atom. The fourth-order valence-electron chi connectivity index (χ4n) is 11.9. The van der Waals surface area contributed by atoms with Crippen molar-refractivity contribution in [1.29, 1.82) is 10.5 Å². The van der Waals surface area contributed by atoms with E-state index in [0.717, 1.165) is 100 Å². The molecule has 318 valence electrons. The predicted molar refractivity (Wildman–Crippen MR) is 272 cm³/mol. The monoisotopic (exact) mass is 879 g/mol. The van der Waals surface area contributed by atoms with Gasteiger partial charge in [0.2, 0.25) is 0 Å². The summed E-state index contributed by atoms with van der Waals surface area (Å²) in [4.78, 5) is 9.95. The summed E-state index contributed by atoms with van der Waals surface area (Å²) in [7, 11) is 0. The number of nitriles is 2. The minimum atomic E-state index is -0.796. The third kappa shape index (κ3) is 4.88. The van der Waals surface area contributed by atoms with Crippen LogP contribution in [-0.4, -0.2) is 23.7 Å². The first-order valence-electron chi connectivity index (χ1n) is 22.9. The molecular formula is C61H33N7O. The van der Waals surface area contributed by atoms with E-state index in [2.05, 4.69) is 165 Å². The third-order valence-corrected chi connectivity index (χ3v) is 14.6. The molecule has 6 heterocycles. The van der Waals surface area contributed by atoms with Gasteiger partial charge in [0, 0.05) is 85.0 Å². The van der Waals surface area contributed by atoms with Crippen LogP contribution >= 0.6 is 0 Å². The molecule has 0 amide bonds. The molecule has 1 aliphatic heterocycles. The second-order valence-electron chi connectivity index (χ2n) is 18.0. The van der Waals surface area contributed by atoms with E-state index in [-0.39, 0.29) is 0 Å². The van der Waals surface area contributed by atoms with E-state index in [0.29, 0.717) is 16.9 Å². The fourth-order valence-corrected chi connectivity index (χ4v) is 11.9. The van der Waals surface area contributed by atoms with Gasteiger partial charge >= 0.3 is 0 Å². The molecule has 69 heavy (non-hydrogen) atoms. The van der Waals surface area contributed by atoms with Gasteiger partial charge in [-0.15, -0.1) is 0 Å². The molecular weight excluding hydrogens is 847 g/mol. The van der Waals surface area contributed by atoms with Crippen LogP contribution in [0, 0.1) is 22.7 Å². The molecule has 0 radical (unpaired) electrons. The van der Waals surface area contributed by atoms with Crippen molar-refractivity contribution in [3.63, 3.8) is 0 Å². The molecule has 0 atom stereocenters. The van der Waals surface area contributed by atoms with Crippen LogP contribution in [0.2, 0.25) is 0 Å². The Hall–Kier alpha value is -9.76. The Morgan fingerprint density at radius 1 is 0.362 bits per heavy atom. The van der Waals surface area contributed by atoms with Crippen LogP contribution in [0.1, 0.15) is 33.4 Å². The Bertz CT molecular complexity index is 4350. The van der Waals surface area contributed by atoms with Crippen molar-refractivity contribution >= 4 is 65.4 Å². The van der Waals surface area contributed by atoms with E-state index >= 15 is 0 Å². The summed E-state index contributed by atoms with van der Waals surface area (Å²) in [6, 6.07) is 70.3. The molecule has 13 aromatic rings. The highest BCUT2D eigenvalue weighted by Gasteiger charge is 2.52. The van der Waals surface area contributed by atoms with Crippen LogP contribution < -0.4 is 4.74 Å². The van der Waals surface area contributed by atoms with E-state index in [4.69, 9.17) is 14.7 Å². The van der Waals surface area contributed by atoms with E-state index in [1.54, 1.807) is 0 Å². The van der Waals surface area contributed by atoms with Gasteiger partial charge in [-0.2, -0.15) is 10.5 Å². The highest BCUT2D eigenvalue weighted by atomic mass is 16.5. The maximum Gasteiger partial charge on any atom is 0.134 e. The Balaban J connectivity index is 0.964. The molecule has 0 saturated heterocycles. The first-order valence-corrected chi connectivity index (χ1v) is 22.9. The lowest BCUT2D eigenvalue weighted by Crippen LogP contribution is -2.32. The first-order chi connectivity index (χ1) is 34.1. The number of ether oxygens (including phenoxy) is 1. The number of para-hydroxylation sites is 3. The van der Waals surface area contributed by atoms with Gasteiger partial charge in [0.1, 0.15) is 11.5 Å². The zero-order chi connectivity index (χ0) is 45.5. The highest BCUT2D eigenvalue weighted by molar-refractivity contribution is 6.13. The summed E-state index contributed by atoms with van der Waals surface area (Å²) in [6.07, 6.45) is 3.69. The SMILES string of the molecule is N#Cc1ccc2c(c1)c1cc(C#N)ccc1n2-c1ccc2c(c1)Oc1cc(-n3c4ccccc4c4cc(-n5c6ccccc6c6ccccc65)ccc43)ccc1C21c2cccnc2-c2ncccc21. The molecule has 2 aliphatic rings. The van der Waals surface area contributed by atoms with Crippen molar-refractivity contribution in [3.8, 4) is 52.1 Å². The average molecular weight is 880 g/mol. The summed E-state index contributed by atoms with van der Waals surface area (Å²) in [6.45, 7) is 0. The second-order valence-corrected chi connectivity index (χ2v) is 18.0. The minimum absolute atomic E-state index is 0.555. The highest BCUT2D eigenvalue weighted by Crippen LogP contribution is 2.62. The zero-order valence-electron chi connectivity index (χ0n) is 36.6. The quantitative estimate of drug-likeness (QED) is 0.176. The number of hydrogen-bond acceptors (Lipinski definition) is 5. The number of rotatable bonds is 3. The first kappa shape index (κ1) is 37.5. The van der Waals surface area contributed by atoms with E-state index in [1.165, 1.54) is 21.8 Å². The van der Waals surface area contributed by atoms with Gasteiger partial charge in [0.05, 0.1) is 73.2 Å². The van der Waals surface area contributed by atoms with Crippen molar-refractivity contribution in [3.05, 3.63) is 234 Å². The lowest BCUT2D eigenvalue weighted by molar-refractivity contribution is 0.436. The summed E-state index contributed by atoms with van der Waals surface area (Å²) < 4.78 is 14.2. The molecule has 8 aromatic carbocycles. The number of hydrogen-bond donors (Lipinski definition) is 0. The van der Waals surface area contributed by atoms with Gasteiger partial charge in [0.15, 0.2) is 0 Å². The Kier molecular flexibility index (Phi) is 7.41. The Morgan fingerprint density at radius 2 is 0.754 bits per heavy atom. The Labute approximate surface area is 394 Å². The smallest absolute Gasteiger partial charge is 0.134 e. The third-order valence-electron chi connectivity index (χ3n) is 14.6. The van der Waals surface area contributed by atoms with E-state index < -0.39 is 5.41 Å². The molecule has 1 aliphatic carbocycles. The molecule has 0 saturated carbocycles. The standard InChI is InChI=1S/C61H33N7O/c62-34-36-17-24-54-44(29-36)45-30-37(35-63)18-25-55(45)68(54)40-20-23-48-58(33-40)69-57-32-39(19-22-47(57)61(48)49-12-7-27-64-59(49)60-50(61)13-8-28-65-60)67-53-16-6-3-11-43(53)46-31-38(21-26-56(46)67)66-51-14-4-1-9-41(51)42-10-2-5-15-52(42)66/h1-33H. The maximum atomic E-state index is 9.90. The molecule has 0 N–H and O–H groups in total. The van der Waals surface area contributed by atoms with Gasteiger partial charge in [-0.25, -0.2) is 0 Å². The number of fused-ring (bicyclic) bond motifs is 18. The predicted octanol–water partition coefficient (Wildman–Crippen LogP) is 14.0. The van der Waals surface area contributed by atoms with Gasteiger partial charge in [-0.1, -0.05) is 78.9 Å². The largest absolute Gasteiger partial charge is 0.457 e. The topological polar surface area (TPSA) is 97.4 Å². The van der Waals surface area contributed by atoms with Gasteiger partial charge in [0.25, 0.3) is 0 Å². The summed E-state index contributed by atoms with van der Waals surface area (Å²) in [5.74, 6) is 1.44. The molecule has 8 heteroatoms. The second kappa shape index (κ2) is 13.6. The maximum absolute atomic E-state index is 9.90. The van der Waals surface area contributed by atoms with Gasteiger partial charge in [-0.3, -0.25) is 9.97 Å². The summed E-state index contributed by atoms with van der Waals surface area (Å²) >= 11 is 0. The summed E-state index contributed by atoms with van der Waals surface area (Å²) in [5, 5.41) is 26.4. The lowest BCUT2D eigenvalue weighted by atomic mass is 9.66. The van der Waals surface area contributed by atoms with Crippen molar-refractivity contribution in [2.45, 2.75) is 5.41 Å². The van der Waals surface area contributed by atoms with Gasteiger partial charge in [-0.05, 0) is 108 Å². The lowest BCUT2D eigenvalue weighted by Gasteiger charge is -2.39. The number of aromatic nitrogens is 5. The molecule has 0 unspecified atom stereocenters. The molecule has 5 aromatic heterocycles. The van der Waals surface area contributed by atoms with Crippen LogP contribution in [0.5, 0.6) is 11.5 Å². The van der Waals surface area contributed by atoms with Crippen molar-refractivity contribution in [2.24, 2.45) is 0 Å². The van der Waals surface area contributed by atoms with Crippen molar-refractivity contribution in [1.82, 2.24) is 23.7 Å². The number of benzene rings is 8. The van der Waals surface area contributed by atoms with E-state index in [1.807, 2.05) is 60.9 Å². The van der Waals surface area contributed by atoms with Crippen molar-refractivity contribution < 1.29 is 4.74 Å². The number of pyridine rings is 2.